The minimum atomic E-state index is -2.95. The van der Waals surface area contributed by atoms with E-state index in [1.54, 1.807) is 37.3 Å². The number of pyridine rings is 1. The van der Waals surface area contributed by atoms with Crippen LogP contribution in [0.4, 0.5) is 25.0 Å². The van der Waals surface area contributed by atoms with Gasteiger partial charge >= 0.3 is 12.6 Å². The summed E-state index contributed by atoms with van der Waals surface area (Å²) in [5.74, 6) is 0.0177. The number of benzene rings is 3. The van der Waals surface area contributed by atoms with Crippen molar-refractivity contribution in [2.45, 2.75) is 39.0 Å². The number of nitrogens with one attached hydrogen (secondary N) is 4. The quantitative estimate of drug-likeness (QED) is 0.155. The summed E-state index contributed by atoms with van der Waals surface area (Å²) in [7, 11) is 3.37. The fourth-order valence-corrected chi connectivity index (χ4v) is 5.10. The van der Waals surface area contributed by atoms with E-state index < -0.39 is 12.7 Å². The first-order valence-corrected chi connectivity index (χ1v) is 13.8. The predicted molar refractivity (Wildman–Crippen MR) is 164 cm³/mol. The molecule has 0 fully saturated rings. The normalized spacial score (nSPS) is 12.5. The number of aromatic amines is 1. The van der Waals surface area contributed by atoms with Crippen molar-refractivity contribution < 1.29 is 23.1 Å². The van der Waals surface area contributed by atoms with Gasteiger partial charge in [0.2, 0.25) is 0 Å². The van der Waals surface area contributed by atoms with Crippen molar-refractivity contribution in [1.82, 2.24) is 15.2 Å². The van der Waals surface area contributed by atoms with Gasteiger partial charge in [-0.15, -0.1) is 0 Å². The molecule has 1 aromatic heterocycles. The van der Waals surface area contributed by atoms with Crippen LogP contribution in [0.1, 0.15) is 41.1 Å². The molecule has 0 saturated carbocycles. The molecule has 4 N–H and O–H groups in total. The number of amides is 2. The number of ether oxygens (including phenoxy) is 1. The number of rotatable bonds is 12. The molecule has 11 heteroatoms. The molecule has 2 amide bonds. The van der Waals surface area contributed by atoms with E-state index in [9.17, 15) is 23.2 Å². The molecular formula is C32H35F2N5O4. The zero-order chi connectivity index (χ0) is 31.1. The topological polar surface area (TPSA) is 116 Å². The Morgan fingerprint density at radius 3 is 2.53 bits per heavy atom. The summed E-state index contributed by atoms with van der Waals surface area (Å²) in [5, 5.41) is 10.3. The third-order valence-electron chi connectivity index (χ3n) is 7.21. The number of hydrogen-bond donors (Lipinski definition) is 4. The molecular weight excluding hydrogens is 556 g/mol. The van der Waals surface area contributed by atoms with Crippen LogP contribution in [0.3, 0.4) is 0 Å². The SMILES string of the molecule is CNCc1cc(NC(=O)N(C)C[C@H](C)c2ccc(C(C=O)Nc3ccc4cc[nH]c(=O)c4c3)cc2C)ccc1OC(F)F. The molecule has 0 aliphatic carbocycles. The van der Waals surface area contributed by atoms with Crippen LogP contribution in [0.25, 0.3) is 10.8 Å². The number of hydrogen-bond acceptors (Lipinski definition) is 6. The molecule has 0 saturated heterocycles. The fraction of sp³-hybridized carbons (Fsp3) is 0.281. The number of likely N-dealkylation sites (N-methyl/N-ethyl adjacent to an activating group) is 1. The molecule has 3 aromatic carbocycles. The second-order valence-corrected chi connectivity index (χ2v) is 10.4. The van der Waals surface area contributed by atoms with Crippen molar-refractivity contribution in [1.29, 1.82) is 0 Å². The summed E-state index contributed by atoms with van der Waals surface area (Å²) in [6, 6.07) is 16.5. The molecule has 0 aliphatic rings. The first-order valence-electron chi connectivity index (χ1n) is 13.8. The van der Waals surface area contributed by atoms with Crippen LogP contribution in [0.15, 0.2) is 71.7 Å². The van der Waals surface area contributed by atoms with Gasteiger partial charge in [-0.1, -0.05) is 31.2 Å². The largest absolute Gasteiger partial charge is 0.434 e. The Bertz CT molecular complexity index is 1660. The lowest BCUT2D eigenvalue weighted by atomic mass is 9.92. The third-order valence-corrected chi connectivity index (χ3v) is 7.21. The van der Waals surface area contributed by atoms with Crippen LogP contribution in [-0.2, 0) is 11.3 Å². The lowest BCUT2D eigenvalue weighted by Crippen LogP contribution is -2.34. The van der Waals surface area contributed by atoms with Gasteiger partial charge in [-0.05, 0) is 78.4 Å². The molecule has 1 heterocycles. The molecule has 0 radical (unpaired) electrons. The van der Waals surface area contributed by atoms with Gasteiger partial charge in [-0.3, -0.25) is 4.79 Å². The van der Waals surface area contributed by atoms with E-state index >= 15 is 0 Å². The number of alkyl halides is 2. The monoisotopic (exact) mass is 591 g/mol. The summed E-state index contributed by atoms with van der Waals surface area (Å²) < 4.78 is 30.0. The van der Waals surface area contributed by atoms with E-state index in [2.05, 4.69) is 25.7 Å². The summed E-state index contributed by atoms with van der Waals surface area (Å²) >= 11 is 0. The van der Waals surface area contributed by atoms with Gasteiger partial charge in [0.05, 0.1) is 0 Å². The first kappa shape index (κ1) is 31.2. The van der Waals surface area contributed by atoms with E-state index in [-0.39, 0.29) is 29.8 Å². The number of nitrogens with zero attached hydrogens (tertiary/aromatic N) is 1. The van der Waals surface area contributed by atoms with Crippen molar-refractivity contribution in [3.05, 3.63) is 99.5 Å². The van der Waals surface area contributed by atoms with Crippen molar-refractivity contribution in [3.63, 3.8) is 0 Å². The number of carbonyl (C=O) groups is 2. The van der Waals surface area contributed by atoms with Crippen LogP contribution in [0.5, 0.6) is 5.75 Å². The zero-order valence-electron chi connectivity index (χ0n) is 24.4. The fourth-order valence-electron chi connectivity index (χ4n) is 5.10. The Kier molecular flexibility index (Phi) is 10.1. The number of aldehydes is 1. The molecule has 43 heavy (non-hydrogen) atoms. The smallest absolute Gasteiger partial charge is 0.387 e. The van der Waals surface area contributed by atoms with Crippen LogP contribution >= 0.6 is 0 Å². The standard InChI is InChI=1S/C32H35F2N5O4/c1-19-13-22(28(18-40)37-25-7-5-21-11-12-36-30(41)27(21)15-25)6-9-26(19)20(2)17-39(4)32(42)38-24-8-10-29(43-31(33)34)23(14-24)16-35-3/h5-15,18,20,28,31,35,37H,16-17H2,1-4H3,(H,36,41)(H,38,42)/t20-,28?/m0/s1. The average Bonchev–Trinajstić information content (AvgIpc) is 2.97. The maximum Gasteiger partial charge on any atom is 0.387 e. The van der Waals surface area contributed by atoms with E-state index in [1.807, 2.05) is 50.2 Å². The van der Waals surface area contributed by atoms with Gasteiger partial charge in [0.1, 0.15) is 18.1 Å². The maximum absolute atomic E-state index is 12.9. The molecule has 9 nitrogen and oxygen atoms in total. The van der Waals surface area contributed by atoms with E-state index in [0.717, 1.165) is 28.4 Å². The third kappa shape index (κ3) is 7.75. The lowest BCUT2D eigenvalue weighted by molar-refractivity contribution is -0.108. The maximum atomic E-state index is 12.9. The van der Waals surface area contributed by atoms with E-state index in [0.29, 0.717) is 28.9 Å². The highest BCUT2D eigenvalue weighted by Crippen LogP contribution is 2.28. The second-order valence-electron chi connectivity index (χ2n) is 10.4. The Balaban J connectivity index is 1.41. The molecule has 1 unspecified atom stereocenters. The van der Waals surface area contributed by atoms with Crippen molar-refractivity contribution in [3.8, 4) is 5.75 Å². The van der Waals surface area contributed by atoms with Crippen molar-refractivity contribution >= 4 is 34.5 Å². The van der Waals surface area contributed by atoms with E-state index in [4.69, 9.17) is 0 Å². The molecule has 4 rings (SSSR count). The summed E-state index contributed by atoms with van der Waals surface area (Å²) in [6.07, 6.45) is 2.42. The van der Waals surface area contributed by atoms with Gasteiger partial charge < -0.3 is 35.4 Å². The first-order chi connectivity index (χ1) is 20.6. The number of anilines is 2. The van der Waals surface area contributed by atoms with Gasteiger partial charge in [0, 0.05) is 48.7 Å². The molecule has 0 bridgehead atoms. The highest BCUT2D eigenvalue weighted by Gasteiger charge is 2.19. The number of halogens is 2. The molecule has 0 spiro atoms. The van der Waals surface area contributed by atoms with E-state index in [1.165, 1.54) is 12.1 Å². The zero-order valence-corrected chi connectivity index (χ0v) is 24.4. The molecule has 226 valence electrons. The van der Waals surface area contributed by atoms with Gasteiger partial charge in [-0.25, -0.2) is 4.79 Å². The minimum absolute atomic E-state index is 0.0266. The van der Waals surface area contributed by atoms with Crippen LogP contribution in [-0.4, -0.2) is 49.5 Å². The average molecular weight is 592 g/mol. The summed E-state index contributed by atoms with van der Waals surface area (Å²) in [4.78, 5) is 41.4. The Morgan fingerprint density at radius 1 is 1.07 bits per heavy atom. The van der Waals surface area contributed by atoms with Crippen LogP contribution in [0.2, 0.25) is 0 Å². The number of urea groups is 1. The minimum Gasteiger partial charge on any atom is -0.434 e. The Morgan fingerprint density at radius 2 is 1.84 bits per heavy atom. The highest BCUT2D eigenvalue weighted by molar-refractivity contribution is 5.89. The molecule has 4 aromatic rings. The van der Waals surface area contributed by atoms with Crippen LogP contribution < -0.4 is 26.2 Å². The van der Waals surface area contributed by atoms with Crippen molar-refractivity contribution in [2.75, 3.05) is 31.3 Å². The number of aromatic nitrogens is 1. The van der Waals surface area contributed by atoms with Gasteiger partial charge in [-0.2, -0.15) is 8.78 Å². The molecule has 2 atom stereocenters. The number of fused-ring (bicyclic) bond motifs is 1. The number of aryl methyl sites for hydroxylation is 1. The summed E-state index contributed by atoms with van der Waals surface area (Å²) in [6.45, 7) is 1.71. The predicted octanol–water partition coefficient (Wildman–Crippen LogP) is 5.78. The molecule has 0 aliphatic heterocycles. The number of H-pyrrole nitrogens is 1. The second kappa shape index (κ2) is 13.9. The van der Waals surface area contributed by atoms with Crippen LogP contribution in [0, 0.1) is 6.92 Å². The Labute approximate surface area is 248 Å². The van der Waals surface area contributed by atoms with Gasteiger partial charge in [0.15, 0.2) is 0 Å². The number of carbonyl (C=O) groups excluding carboxylic acids is 2. The Hall–Kier alpha value is -4.77. The summed E-state index contributed by atoms with van der Waals surface area (Å²) in [5.41, 5.74) is 4.16. The van der Waals surface area contributed by atoms with Gasteiger partial charge in [0.25, 0.3) is 5.56 Å². The van der Waals surface area contributed by atoms with Crippen molar-refractivity contribution in [2.24, 2.45) is 0 Å². The lowest BCUT2D eigenvalue weighted by Gasteiger charge is -2.24. The highest BCUT2D eigenvalue weighted by atomic mass is 19.3.